The highest BCUT2D eigenvalue weighted by Gasteiger charge is 2.04. The maximum atomic E-state index is 8.98. The first-order chi connectivity index (χ1) is 7.76. The predicted octanol–water partition coefficient (Wildman–Crippen LogP) is 1.44. The molecule has 0 radical (unpaired) electrons. The molecule has 0 fully saturated rings. The van der Waals surface area contributed by atoms with E-state index in [9.17, 15) is 0 Å². The Morgan fingerprint density at radius 2 is 1.88 bits per heavy atom. The summed E-state index contributed by atoms with van der Waals surface area (Å²) < 4.78 is 5.05. The van der Waals surface area contributed by atoms with Crippen LogP contribution in [0.3, 0.4) is 0 Å². The van der Waals surface area contributed by atoms with Gasteiger partial charge < -0.3 is 9.84 Å². The Morgan fingerprint density at radius 1 is 1.19 bits per heavy atom. The van der Waals surface area contributed by atoms with Crippen LogP contribution in [-0.2, 0) is 11.3 Å². The zero-order valence-electron chi connectivity index (χ0n) is 10.1. The standard InChI is InChI=1S/C13H21NO2/c1-12-3-5-13(6-4-12)11-14(7-9-15)8-10-16-2/h3-6,15H,7-11H2,1-2H3. The van der Waals surface area contributed by atoms with E-state index in [2.05, 4.69) is 36.1 Å². The van der Waals surface area contributed by atoms with Crippen molar-refractivity contribution in [3.05, 3.63) is 35.4 Å². The fourth-order valence-corrected chi connectivity index (χ4v) is 1.58. The van der Waals surface area contributed by atoms with E-state index in [1.165, 1.54) is 11.1 Å². The predicted molar refractivity (Wildman–Crippen MR) is 65.4 cm³/mol. The Hall–Kier alpha value is -0.900. The van der Waals surface area contributed by atoms with E-state index in [0.29, 0.717) is 13.2 Å². The highest BCUT2D eigenvalue weighted by atomic mass is 16.5. The lowest BCUT2D eigenvalue weighted by Gasteiger charge is -2.20. The number of methoxy groups -OCH3 is 1. The second-order valence-electron chi connectivity index (χ2n) is 3.98. The molecule has 0 atom stereocenters. The minimum Gasteiger partial charge on any atom is -0.395 e. The van der Waals surface area contributed by atoms with Gasteiger partial charge >= 0.3 is 0 Å². The van der Waals surface area contributed by atoms with E-state index in [0.717, 1.165) is 13.1 Å². The maximum absolute atomic E-state index is 8.98. The van der Waals surface area contributed by atoms with Crippen molar-refractivity contribution in [3.8, 4) is 0 Å². The molecule has 16 heavy (non-hydrogen) atoms. The molecular formula is C13H21NO2. The first-order valence-electron chi connectivity index (χ1n) is 5.64. The van der Waals surface area contributed by atoms with Crippen LogP contribution in [0.5, 0.6) is 0 Å². The molecule has 1 aromatic rings. The number of aliphatic hydroxyl groups is 1. The monoisotopic (exact) mass is 223 g/mol. The number of nitrogens with zero attached hydrogens (tertiary/aromatic N) is 1. The van der Waals surface area contributed by atoms with Gasteiger partial charge in [-0.25, -0.2) is 0 Å². The van der Waals surface area contributed by atoms with E-state index < -0.39 is 0 Å². The molecule has 0 aliphatic heterocycles. The normalized spacial score (nSPS) is 11.0. The molecule has 0 aliphatic rings. The van der Waals surface area contributed by atoms with Gasteiger partial charge in [0.15, 0.2) is 0 Å². The summed E-state index contributed by atoms with van der Waals surface area (Å²) in [5.74, 6) is 0. The van der Waals surface area contributed by atoms with Gasteiger partial charge in [0, 0.05) is 26.7 Å². The van der Waals surface area contributed by atoms with Crippen molar-refractivity contribution in [2.24, 2.45) is 0 Å². The van der Waals surface area contributed by atoms with Crippen LogP contribution in [0, 0.1) is 6.92 Å². The van der Waals surface area contributed by atoms with Gasteiger partial charge in [0.1, 0.15) is 0 Å². The Kier molecular flexibility index (Phi) is 6.08. The third-order valence-corrected chi connectivity index (χ3v) is 2.55. The summed E-state index contributed by atoms with van der Waals surface area (Å²) in [6, 6.07) is 8.49. The topological polar surface area (TPSA) is 32.7 Å². The minimum atomic E-state index is 0.190. The fourth-order valence-electron chi connectivity index (χ4n) is 1.58. The molecule has 1 rings (SSSR count). The summed E-state index contributed by atoms with van der Waals surface area (Å²) in [5.41, 5.74) is 2.55. The molecule has 0 bridgehead atoms. The van der Waals surface area contributed by atoms with Gasteiger partial charge in [0.25, 0.3) is 0 Å². The SMILES string of the molecule is COCCN(CCO)Cc1ccc(C)cc1. The molecule has 0 aromatic heterocycles. The van der Waals surface area contributed by atoms with Gasteiger partial charge in [-0.3, -0.25) is 4.90 Å². The van der Waals surface area contributed by atoms with Gasteiger partial charge in [-0.05, 0) is 12.5 Å². The van der Waals surface area contributed by atoms with Crippen molar-refractivity contribution in [1.29, 1.82) is 0 Å². The number of aliphatic hydroxyl groups excluding tert-OH is 1. The highest BCUT2D eigenvalue weighted by molar-refractivity contribution is 5.21. The molecule has 0 saturated heterocycles. The molecule has 0 heterocycles. The third kappa shape index (κ3) is 4.75. The van der Waals surface area contributed by atoms with Crippen LogP contribution >= 0.6 is 0 Å². The summed E-state index contributed by atoms with van der Waals surface area (Å²) in [6.45, 7) is 5.38. The Bertz CT molecular complexity index is 284. The van der Waals surface area contributed by atoms with Gasteiger partial charge in [0.2, 0.25) is 0 Å². The van der Waals surface area contributed by atoms with E-state index in [-0.39, 0.29) is 6.61 Å². The second kappa shape index (κ2) is 7.39. The van der Waals surface area contributed by atoms with Gasteiger partial charge in [0.05, 0.1) is 13.2 Å². The lowest BCUT2D eigenvalue weighted by molar-refractivity contribution is 0.127. The van der Waals surface area contributed by atoms with Gasteiger partial charge in [-0.1, -0.05) is 29.8 Å². The molecule has 0 spiro atoms. The molecule has 3 heteroatoms. The quantitative estimate of drug-likeness (QED) is 0.759. The summed E-state index contributed by atoms with van der Waals surface area (Å²) in [4.78, 5) is 2.19. The van der Waals surface area contributed by atoms with Crippen LogP contribution in [0.1, 0.15) is 11.1 Å². The lowest BCUT2D eigenvalue weighted by Crippen LogP contribution is -2.29. The lowest BCUT2D eigenvalue weighted by atomic mass is 10.1. The summed E-state index contributed by atoms with van der Waals surface area (Å²) >= 11 is 0. The third-order valence-electron chi connectivity index (χ3n) is 2.55. The maximum Gasteiger partial charge on any atom is 0.0589 e. The number of rotatable bonds is 7. The van der Waals surface area contributed by atoms with Crippen LogP contribution in [0.25, 0.3) is 0 Å². The first-order valence-corrected chi connectivity index (χ1v) is 5.64. The van der Waals surface area contributed by atoms with E-state index in [4.69, 9.17) is 9.84 Å². The summed E-state index contributed by atoms with van der Waals surface area (Å²) in [7, 11) is 1.70. The van der Waals surface area contributed by atoms with Gasteiger partial charge in [-0.2, -0.15) is 0 Å². The summed E-state index contributed by atoms with van der Waals surface area (Å²) in [6.07, 6.45) is 0. The van der Waals surface area contributed by atoms with Crippen LogP contribution in [0.2, 0.25) is 0 Å². The Balaban J connectivity index is 2.49. The second-order valence-corrected chi connectivity index (χ2v) is 3.98. The van der Waals surface area contributed by atoms with E-state index >= 15 is 0 Å². The fraction of sp³-hybridized carbons (Fsp3) is 0.538. The number of benzene rings is 1. The van der Waals surface area contributed by atoms with E-state index in [1.807, 2.05) is 0 Å². The highest BCUT2D eigenvalue weighted by Crippen LogP contribution is 2.06. The summed E-state index contributed by atoms with van der Waals surface area (Å²) in [5, 5.41) is 8.98. The van der Waals surface area contributed by atoms with Crippen LogP contribution in [-0.4, -0.2) is 43.4 Å². The van der Waals surface area contributed by atoms with Crippen LogP contribution in [0.4, 0.5) is 0 Å². The van der Waals surface area contributed by atoms with Gasteiger partial charge in [-0.15, -0.1) is 0 Å². The smallest absolute Gasteiger partial charge is 0.0589 e. The zero-order valence-corrected chi connectivity index (χ0v) is 10.1. The first kappa shape index (κ1) is 13.2. The Labute approximate surface area is 97.7 Å². The van der Waals surface area contributed by atoms with Crippen molar-refractivity contribution >= 4 is 0 Å². The molecular weight excluding hydrogens is 202 g/mol. The molecule has 1 N–H and O–H groups in total. The van der Waals surface area contributed by atoms with Crippen molar-refractivity contribution in [3.63, 3.8) is 0 Å². The Morgan fingerprint density at radius 3 is 2.44 bits per heavy atom. The molecule has 0 unspecified atom stereocenters. The van der Waals surface area contributed by atoms with Crippen LogP contribution < -0.4 is 0 Å². The van der Waals surface area contributed by atoms with E-state index in [1.54, 1.807) is 7.11 Å². The largest absolute Gasteiger partial charge is 0.395 e. The van der Waals surface area contributed by atoms with Crippen LogP contribution in [0.15, 0.2) is 24.3 Å². The number of hydrogen-bond donors (Lipinski definition) is 1. The molecule has 0 saturated carbocycles. The van der Waals surface area contributed by atoms with Crippen molar-refractivity contribution in [2.75, 3.05) is 33.4 Å². The van der Waals surface area contributed by atoms with Crippen molar-refractivity contribution in [1.82, 2.24) is 4.90 Å². The minimum absolute atomic E-state index is 0.190. The molecule has 1 aromatic carbocycles. The van der Waals surface area contributed by atoms with Crippen molar-refractivity contribution in [2.45, 2.75) is 13.5 Å². The number of hydrogen-bond acceptors (Lipinski definition) is 3. The average Bonchev–Trinajstić information content (AvgIpc) is 2.29. The number of ether oxygens (including phenoxy) is 1. The molecule has 90 valence electrons. The number of aryl methyl sites for hydroxylation is 1. The zero-order chi connectivity index (χ0) is 11.8. The average molecular weight is 223 g/mol. The molecule has 0 aliphatic carbocycles. The molecule has 3 nitrogen and oxygen atoms in total. The molecule has 0 amide bonds. The van der Waals surface area contributed by atoms with Crippen molar-refractivity contribution < 1.29 is 9.84 Å².